The Kier molecular flexibility index (Phi) is 3.93. The van der Waals surface area contributed by atoms with E-state index in [9.17, 15) is 9.59 Å². The summed E-state index contributed by atoms with van der Waals surface area (Å²) in [5.41, 5.74) is 0.891. The predicted octanol–water partition coefficient (Wildman–Crippen LogP) is 1.24. The van der Waals surface area contributed by atoms with Crippen molar-refractivity contribution < 1.29 is 19.4 Å². The van der Waals surface area contributed by atoms with Gasteiger partial charge in [0.05, 0.1) is 13.7 Å². The molecule has 0 radical (unpaired) electrons. The van der Waals surface area contributed by atoms with E-state index in [4.69, 9.17) is 9.84 Å². The number of amides is 1. The number of methoxy groups -OCH3 is 1. The maximum Gasteiger partial charge on any atom is 0.328 e. The monoisotopic (exact) mass is 276 g/mol. The number of carbonyl (C=O) groups is 2. The van der Waals surface area contributed by atoms with E-state index in [1.54, 1.807) is 17.9 Å². The molecular weight excluding hydrogens is 260 g/mol. The minimum absolute atomic E-state index is 0.171. The molecule has 0 saturated heterocycles. The Labute approximate surface area is 116 Å². The number of hydrogen-bond donors (Lipinski definition) is 2. The maximum absolute atomic E-state index is 11.1. The zero-order valence-electron chi connectivity index (χ0n) is 11.3. The molecule has 0 bridgehead atoms. The van der Waals surface area contributed by atoms with Crippen LogP contribution in [0.25, 0.3) is 10.9 Å². The standard InChI is InChI=1S/C14H16N2O4/c1-9(17)15-12(14(18)19)8-16-6-5-10-7-11(20-2)3-4-13(10)16/h3-7,12H,8H2,1-2H3,(H,15,17)(H,18,19). The van der Waals surface area contributed by atoms with Gasteiger partial charge in [0.1, 0.15) is 11.8 Å². The summed E-state index contributed by atoms with van der Waals surface area (Å²) in [5, 5.41) is 12.5. The normalized spacial score (nSPS) is 12.1. The number of benzene rings is 1. The van der Waals surface area contributed by atoms with Crippen LogP contribution in [-0.4, -0.2) is 34.7 Å². The van der Waals surface area contributed by atoms with Crippen LogP contribution in [0, 0.1) is 0 Å². The second kappa shape index (κ2) is 5.64. The van der Waals surface area contributed by atoms with Crippen LogP contribution in [0.4, 0.5) is 0 Å². The van der Waals surface area contributed by atoms with Crippen LogP contribution in [0.3, 0.4) is 0 Å². The molecule has 1 unspecified atom stereocenters. The van der Waals surface area contributed by atoms with E-state index in [0.717, 1.165) is 16.7 Å². The van der Waals surface area contributed by atoms with E-state index < -0.39 is 12.0 Å². The van der Waals surface area contributed by atoms with E-state index >= 15 is 0 Å². The van der Waals surface area contributed by atoms with Gasteiger partial charge in [-0.15, -0.1) is 0 Å². The number of carboxylic acids is 1. The second-order valence-electron chi connectivity index (χ2n) is 4.48. The SMILES string of the molecule is COc1ccc2c(ccn2CC(NC(C)=O)C(=O)O)c1. The molecule has 2 rings (SSSR count). The van der Waals surface area contributed by atoms with Crippen molar-refractivity contribution in [1.29, 1.82) is 0 Å². The lowest BCUT2D eigenvalue weighted by Crippen LogP contribution is -2.42. The highest BCUT2D eigenvalue weighted by Crippen LogP contribution is 2.22. The van der Waals surface area contributed by atoms with Crippen LogP contribution in [0.15, 0.2) is 30.5 Å². The largest absolute Gasteiger partial charge is 0.497 e. The highest BCUT2D eigenvalue weighted by Gasteiger charge is 2.19. The van der Waals surface area contributed by atoms with Gasteiger partial charge in [0, 0.05) is 24.0 Å². The number of ether oxygens (including phenoxy) is 1. The molecule has 6 heteroatoms. The summed E-state index contributed by atoms with van der Waals surface area (Å²) in [5.74, 6) is -0.682. The topological polar surface area (TPSA) is 80.6 Å². The average molecular weight is 276 g/mol. The molecule has 1 atom stereocenters. The van der Waals surface area contributed by atoms with Gasteiger partial charge in [-0.2, -0.15) is 0 Å². The van der Waals surface area contributed by atoms with E-state index in [-0.39, 0.29) is 12.5 Å². The molecule has 1 heterocycles. The fourth-order valence-electron chi connectivity index (χ4n) is 2.09. The van der Waals surface area contributed by atoms with Crippen molar-refractivity contribution in [1.82, 2.24) is 9.88 Å². The van der Waals surface area contributed by atoms with E-state index in [2.05, 4.69) is 5.32 Å². The number of nitrogens with one attached hydrogen (secondary N) is 1. The summed E-state index contributed by atoms with van der Waals surface area (Å²) in [7, 11) is 1.59. The first kappa shape index (κ1) is 13.9. The van der Waals surface area contributed by atoms with Gasteiger partial charge in [-0.1, -0.05) is 0 Å². The number of nitrogens with zero attached hydrogens (tertiary/aromatic N) is 1. The first-order chi connectivity index (χ1) is 9.51. The van der Waals surface area contributed by atoms with E-state index in [1.165, 1.54) is 6.92 Å². The third-order valence-electron chi connectivity index (χ3n) is 3.03. The number of aliphatic carboxylic acids is 1. The van der Waals surface area contributed by atoms with Gasteiger partial charge < -0.3 is 19.7 Å². The molecule has 2 aromatic rings. The van der Waals surface area contributed by atoms with Crippen molar-refractivity contribution in [2.24, 2.45) is 0 Å². The average Bonchev–Trinajstić information content (AvgIpc) is 2.79. The molecule has 1 aromatic heterocycles. The van der Waals surface area contributed by atoms with Crippen LogP contribution in [0.1, 0.15) is 6.92 Å². The van der Waals surface area contributed by atoms with Crippen molar-refractivity contribution in [3.63, 3.8) is 0 Å². The molecule has 1 aromatic carbocycles. The van der Waals surface area contributed by atoms with Gasteiger partial charge in [0.25, 0.3) is 0 Å². The smallest absolute Gasteiger partial charge is 0.328 e. The Morgan fingerprint density at radius 3 is 2.75 bits per heavy atom. The number of fused-ring (bicyclic) bond motifs is 1. The lowest BCUT2D eigenvalue weighted by Gasteiger charge is -2.15. The van der Waals surface area contributed by atoms with E-state index in [0.29, 0.717) is 0 Å². The van der Waals surface area contributed by atoms with E-state index in [1.807, 2.05) is 24.3 Å². The zero-order chi connectivity index (χ0) is 14.7. The lowest BCUT2D eigenvalue weighted by molar-refractivity contribution is -0.141. The van der Waals surface area contributed by atoms with Crippen LogP contribution < -0.4 is 10.1 Å². The summed E-state index contributed by atoms with van der Waals surface area (Å²) in [4.78, 5) is 22.2. The highest BCUT2D eigenvalue weighted by molar-refractivity contribution is 5.84. The minimum atomic E-state index is -1.06. The molecule has 0 fully saturated rings. The quantitative estimate of drug-likeness (QED) is 0.861. The fraction of sp³-hybridized carbons (Fsp3) is 0.286. The van der Waals surface area contributed by atoms with Crippen molar-refractivity contribution >= 4 is 22.8 Å². The Morgan fingerprint density at radius 1 is 1.40 bits per heavy atom. The highest BCUT2D eigenvalue weighted by atomic mass is 16.5. The molecule has 106 valence electrons. The third kappa shape index (κ3) is 2.90. The Hall–Kier alpha value is -2.50. The Bertz CT molecular complexity index is 648. The van der Waals surface area contributed by atoms with Gasteiger partial charge in [-0.25, -0.2) is 4.79 Å². The zero-order valence-corrected chi connectivity index (χ0v) is 11.3. The van der Waals surface area contributed by atoms with Crippen molar-refractivity contribution in [2.75, 3.05) is 7.11 Å². The fourth-order valence-corrected chi connectivity index (χ4v) is 2.09. The van der Waals surface area contributed by atoms with Crippen LogP contribution in [0.2, 0.25) is 0 Å². The first-order valence-corrected chi connectivity index (χ1v) is 6.14. The summed E-state index contributed by atoms with van der Waals surface area (Å²) >= 11 is 0. The number of carboxylic acid groups (broad SMARTS) is 1. The van der Waals surface area contributed by atoms with Crippen LogP contribution in [0.5, 0.6) is 5.75 Å². The molecule has 0 aliphatic carbocycles. The third-order valence-corrected chi connectivity index (χ3v) is 3.03. The molecule has 0 saturated carbocycles. The van der Waals surface area contributed by atoms with Gasteiger partial charge in [0.15, 0.2) is 0 Å². The number of carbonyl (C=O) groups excluding carboxylic acids is 1. The predicted molar refractivity (Wildman–Crippen MR) is 73.7 cm³/mol. The van der Waals surface area contributed by atoms with Crippen molar-refractivity contribution in [2.45, 2.75) is 19.5 Å². The molecular formula is C14H16N2O4. The molecule has 20 heavy (non-hydrogen) atoms. The molecule has 0 aliphatic heterocycles. The first-order valence-electron chi connectivity index (χ1n) is 6.14. The van der Waals surface area contributed by atoms with Crippen LogP contribution >= 0.6 is 0 Å². The molecule has 6 nitrogen and oxygen atoms in total. The number of aromatic nitrogens is 1. The van der Waals surface area contributed by atoms with Crippen molar-refractivity contribution in [3.8, 4) is 5.75 Å². The molecule has 2 N–H and O–H groups in total. The molecule has 0 spiro atoms. The summed E-state index contributed by atoms with van der Waals surface area (Å²) in [6, 6.07) is 6.48. The second-order valence-corrected chi connectivity index (χ2v) is 4.48. The van der Waals surface area contributed by atoms with Gasteiger partial charge >= 0.3 is 5.97 Å². The molecule has 1 amide bonds. The number of hydrogen-bond acceptors (Lipinski definition) is 3. The van der Waals surface area contributed by atoms with Gasteiger partial charge in [-0.3, -0.25) is 4.79 Å². The van der Waals surface area contributed by atoms with Crippen LogP contribution in [-0.2, 0) is 16.1 Å². The van der Waals surface area contributed by atoms with Gasteiger partial charge in [-0.05, 0) is 24.3 Å². The lowest BCUT2D eigenvalue weighted by atomic mass is 10.2. The van der Waals surface area contributed by atoms with Crippen molar-refractivity contribution in [3.05, 3.63) is 30.5 Å². The Morgan fingerprint density at radius 2 is 2.15 bits per heavy atom. The number of rotatable bonds is 5. The summed E-state index contributed by atoms with van der Waals surface area (Å²) in [6.45, 7) is 1.47. The summed E-state index contributed by atoms with van der Waals surface area (Å²) < 4.78 is 6.94. The Balaban J connectivity index is 2.28. The summed E-state index contributed by atoms with van der Waals surface area (Å²) in [6.07, 6.45) is 1.79. The molecule has 0 aliphatic rings. The minimum Gasteiger partial charge on any atom is -0.497 e. The maximum atomic E-state index is 11.1. The van der Waals surface area contributed by atoms with Gasteiger partial charge in [0.2, 0.25) is 5.91 Å².